The summed E-state index contributed by atoms with van der Waals surface area (Å²) in [6.07, 6.45) is 0. The molecule has 1 aliphatic rings. The van der Waals surface area contributed by atoms with E-state index in [9.17, 15) is 13.2 Å². The van der Waals surface area contributed by atoms with Crippen LogP contribution in [0.1, 0.15) is 10.4 Å². The Labute approximate surface area is 156 Å². The molecule has 0 saturated carbocycles. The molecule has 2 aromatic rings. The van der Waals surface area contributed by atoms with E-state index in [0.717, 1.165) is 6.07 Å². The van der Waals surface area contributed by atoms with Gasteiger partial charge in [0.25, 0.3) is 10.0 Å². The minimum absolute atomic E-state index is 0.104. The van der Waals surface area contributed by atoms with Crippen LogP contribution in [0.4, 0.5) is 11.4 Å². The molecule has 0 atom stereocenters. The van der Waals surface area contributed by atoms with E-state index in [1.807, 2.05) is 4.90 Å². The highest BCUT2D eigenvalue weighted by Crippen LogP contribution is 2.31. The molecule has 1 fully saturated rings. The van der Waals surface area contributed by atoms with Crippen LogP contribution in [0, 0.1) is 0 Å². The Hall–Kier alpha value is -2.29. The van der Waals surface area contributed by atoms with Crippen molar-refractivity contribution in [3.05, 3.63) is 53.1 Å². The quantitative estimate of drug-likeness (QED) is 0.806. The molecule has 138 valence electrons. The molecule has 2 aromatic carbocycles. The van der Waals surface area contributed by atoms with Gasteiger partial charge in [0.1, 0.15) is 0 Å². The molecule has 0 amide bonds. The SMILES string of the molecule is O=C(O)c1cccc(S(=O)(=O)Nc2cc(Cl)ccc2N2CCOCC2)c1. The Morgan fingerprint density at radius 2 is 1.88 bits per heavy atom. The summed E-state index contributed by atoms with van der Waals surface area (Å²) in [5.74, 6) is -1.20. The number of hydrogen-bond donors (Lipinski definition) is 2. The number of halogens is 1. The molecule has 0 radical (unpaired) electrons. The van der Waals surface area contributed by atoms with Gasteiger partial charge in [0.15, 0.2) is 0 Å². The minimum atomic E-state index is -3.98. The number of carboxylic acid groups (broad SMARTS) is 1. The molecule has 9 heteroatoms. The van der Waals surface area contributed by atoms with Crippen LogP contribution in [0.3, 0.4) is 0 Å². The standard InChI is InChI=1S/C17H17ClN2O5S/c18-13-4-5-16(20-6-8-25-9-7-20)15(11-13)19-26(23,24)14-3-1-2-12(10-14)17(21)22/h1-5,10-11,19H,6-9H2,(H,21,22). The van der Waals surface area contributed by atoms with Gasteiger partial charge in [-0.1, -0.05) is 17.7 Å². The van der Waals surface area contributed by atoms with Gasteiger partial charge >= 0.3 is 5.97 Å². The van der Waals surface area contributed by atoms with E-state index in [1.165, 1.54) is 24.3 Å². The van der Waals surface area contributed by atoms with Crippen molar-refractivity contribution in [3.8, 4) is 0 Å². The fourth-order valence-corrected chi connectivity index (χ4v) is 3.95. The van der Waals surface area contributed by atoms with Gasteiger partial charge in [-0.15, -0.1) is 0 Å². The second-order valence-corrected chi connectivity index (χ2v) is 7.82. The van der Waals surface area contributed by atoms with Crippen molar-refractivity contribution in [2.24, 2.45) is 0 Å². The van der Waals surface area contributed by atoms with Crippen molar-refractivity contribution in [2.75, 3.05) is 35.9 Å². The molecule has 0 aliphatic carbocycles. The summed E-state index contributed by atoms with van der Waals surface area (Å²) in [7, 11) is -3.98. The highest BCUT2D eigenvalue weighted by atomic mass is 35.5. The number of carboxylic acids is 1. The van der Waals surface area contributed by atoms with Crippen LogP contribution < -0.4 is 9.62 Å². The van der Waals surface area contributed by atoms with E-state index in [4.69, 9.17) is 21.4 Å². The molecule has 0 spiro atoms. The molecule has 3 rings (SSSR count). The predicted molar refractivity (Wildman–Crippen MR) is 98.7 cm³/mol. The number of rotatable bonds is 5. The van der Waals surface area contributed by atoms with Crippen LogP contribution in [-0.2, 0) is 14.8 Å². The van der Waals surface area contributed by atoms with E-state index in [1.54, 1.807) is 12.1 Å². The van der Waals surface area contributed by atoms with E-state index in [0.29, 0.717) is 42.7 Å². The summed E-state index contributed by atoms with van der Waals surface area (Å²) in [5, 5.41) is 9.45. The second-order valence-electron chi connectivity index (χ2n) is 5.70. The van der Waals surface area contributed by atoms with Crippen molar-refractivity contribution < 1.29 is 23.1 Å². The van der Waals surface area contributed by atoms with Gasteiger partial charge in [0.05, 0.1) is 35.0 Å². The number of carbonyl (C=O) groups is 1. The Bertz CT molecular complexity index is 927. The fourth-order valence-electron chi connectivity index (χ4n) is 2.67. The lowest BCUT2D eigenvalue weighted by Gasteiger charge is -2.30. The van der Waals surface area contributed by atoms with Crippen molar-refractivity contribution >= 4 is 39.0 Å². The number of anilines is 2. The normalized spacial score (nSPS) is 14.9. The van der Waals surface area contributed by atoms with E-state index >= 15 is 0 Å². The van der Waals surface area contributed by atoms with Crippen molar-refractivity contribution in [1.82, 2.24) is 0 Å². The third kappa shape index (κ3) is 4.09. The topological polar surface area (TPSA) is 95.9 Å². The van der Waals surface area contributed by atoms with E-state index < -0.39 is 16.0 Å². The zero-order chi connectivity index (χ0) is 18.7. The second kappa shape index (κ2) is 7.53. The largest absolute Gasteiger partial charge is 0.478 e. The Kier molecular flexibility index (Phi) is 5.36. The maximum Gasteiger partial charge on any atom is 0.335 e. The minimum Gasteiger partial charge on any atom is -0.478 e. The van der Waals surface area contributed by atoms with Gasteiger partial charge in [0, 0.05) is 18.1 Å². The smallest absolute Gasteiger partial charge is 0.335 e. The zero-order valence-corrected chi connectivity index (χ0v) is 15.3. The number of aromatic carboxylic acids is 1. The van der Waals surface area contributed by atoms with Crippen LogP contribution in [0.15, 0.2) is 47.4 Å². The number of sulfonamides is 1. The summed E-state index contributed by atoms with van der Waals surface area (Å²) < 4.78 is 33.3. The molecule has 0 bridgehead atoms. The lowest BCUT2D eigenvalue weighted by atomic mass is 10.2. The highest BCUT2D eigenvalue weighted by Gasteiger charge is 2.21. The van der Waals surface area contributed by atoms with Crippen LogP contribution in [-0.4, -0.2) is 45.8 Å². The number of benzene rings is 2. The van der Waals surface area contributed by atoms with Gasteiger partial charge in [-0.05, 0) is 36.4 Å². The number of nitrogens with one attached hydrogen (secondary N) is 1. The number of hydrogen-bond acceptors (Lipinski definition) is 5. The average molecular weight is 397 g/mol. The Balaban J connectivity index is 1.95. The third-order valence-corrected chi connectivity index (χ3v) is 5.54. The molecular weight excluding hydrogens is 380 g/mol. The van der Waals surface area contributed by atoms with Gasteiger partial charge < -0.3 is 14.7 Å². The van der Waals surface area contributed by atoms with Gasteiger partial charge in [-0.25, -0.2) is 13.2 Å². The summed E-state index contributed by atoms with van der Waals surface area (Å²) in [4.78, 5) is 13.0. The Morgan fingerprint density at radius 3 is 2.58 bits per heavy atom. The van der Waals surface area contributed by atoms with Crippen molar-refractivity contribution in [3.63, 3.8) is 0 Å². The molecular formula is C17H17ClN2O5S. The van der Waals surface area contributed by atoms with Crippen molar-refractivity contribution in [2.45, 2.75) is 4.90 Å². The first kappa shape index (κ1) is 18.5. The highest BCUT2D eigenvalue weighted by molar-refractivity contribution is 7.92. The number of ether oxygens (including phenoxy) is 1. The molecule has 2 N–H and O–H groups in total. The first-order valence-electron chi connectivity index (χ1n) is 7.85. The lowest BCUT2D eigenvalue weighted by molar-refractivity contribution is 0.0696. The maximum atomic E-state index is 12.7. The third-order valence-electron chi connectivity index (χ3n) is 3.95. The average Bonchev–Trinajstić information content (AvgIpc) is 2.62. The van der Waals surface area contributed by atoms with E-state index in [-0.39, 0.29) is 10.5 Å². The summed E-state index contributed by atoms with van der Waals surface area (Å²) in [6.45, 7) is 2.36. The lowest BCUT2D eigenvalue weighted by Crippen LogP contribution is -2.36. The molecule has 26 heavy (non-hydrogen) atoms. The van der Waals surface area contributed by atoms with Crippen LogP contribution in [0.2, 0.25) is 5.02 Å². The predicted octanol–water partition coefficient (Wildman–Crippen LogP) is 2.68. The fraction of sp³-hybridized carbons (Fsp3) is 0.235. The van der Waals surface area contributed by atoms with E-state index in [2.05, 4.69) is 4.72 Å². The molecule has 1 aliphatic heterocycles. The van der Waals surface area contributed by atoms with Crippen LogP contribution in [0.25, 0.3) is 0 Å². The van der Waals surface area contributed by atoms with Gasteiger partial charge in [0.2, 0.25) is 0 Å². The van der Waals surface area contributed by atoms with Crippen LogP contribution in [0.5, 0.6) is 0 Å². The molecule has 0 aromatic heterocycles. The molecule has 1 saturated heterocycles. The first-order chi connectivity index (χ1) is 12.4. The number of morpholine rings is 1. The monoisotopic (exact) mass is 396 g/mol. The van der Waals surface area contributed by atoms with Crippen molar-refractivity contribution in [1.29, 1.82) is 0 Å². The van der Waals surface area contributed by atoms with Crippen LogP contribution >= 0.6 is 11.6 Å². The van der Waals surface area contributed by atoms with Gasteiger partial charge in [-0.2, -0.15) is 0 Å². The summed E-state index contributed by atoms with van der Waals surface area (Å²) >= 11 is 6.04. The maximum absolute atomic E-state index is 12.7. The Morgan fingerprint density at radius 1 is 1.15 bits per heavy atom. The zero-order valence-electron chi connectivity index (χ0n) is 13.7. The first-order valence-corrected chi connectivity index (χ1v) is 9.71. The molecule has 7 nitrogen and oxygen atoms in total. The molecule has 1 heterocycles. The number of nitrogens with zero attached hydrogens (tertiary/aromatic N) is 1. The van der Waals surface area contributed by atoms with Gasteiger partial charge in [-0.3, -0.25) is 4.72 Å². The molecule has 0 unspecified atom stereocenters. The summed E-state index contributed by atoms with van der Waals surface area (Å²) in [6, 6.07) is 10.1. The summed E-state index contributed by atoms with van der Waals surface area (Å²) in [5.41, 5.74) is 0.920.